The van der Waals surface area contributed by atoms with E-state index in [1.54, 1.807) is 0 Å². The number of hydrogen-bond donors (Lipinski definition) is 1. The molecule has 0 aliphatic carbocycles. The standard InChI is InChI=1S/C13H13F4NO3/c14-11-2-1-8(13(15,16)17)5-10(11)12(20)18-3-4-21-9(6-18)7-19/h1-2,5,9,19H,3-4,6-7H2. The summed E-state index contributed by atoms with van der Waals surface area (Å²) in [5.41, 5.74) is -1.72. The quantitative estimate of drug-likeness (QED) is 0.846. The van der Waals surface area contributed by atoms with Crippen molar-refractivity contribution < 1.29 is 32.2 Å². The van der Waals surface area contributed by atoms with Gasteiger partial charge in [-0.1, -0.05) is 0 Å². The van der Waals surface area contributed by atoms with Crippen molar-refractivity contribution in [1.29, 1.82) is 0 Å². The summed E-state index contributed by atoms with van der Waals surface area (Å²) >= 11 is 0. The monoisotopic (exact) mass is 307 g/mol. The van der Waals surface area contributed by atoms with Gasteiger partial charge in [0.25, 0.3) is 5.91 Å². The third-order valence-electron chi connectivity index (χ3n) is 3.15. The van der Waals surface area contributed by atoms with Gasteiger partial charge in [-0.05, 0) is 18.2 Å². The van der Waals surface area contributed by atoms with Crippen LogP contribution in [0.5, 0.6) is 0 Å². The Hall–Kier alpha value is -1.67. The molecule has 1 unspecified atom stereocenters. The number of benzene rings is 1. The molecule has 1 N–H and O–H groups in total. The molecule has 1 amide bonds. The first-order chi connectivity index (χ1) is 9.82. The average Bonchev–Trinajstić information content (AvgIpc) is 2.46. The van der Waals surface area contributed by atoms with E-state index in [2.05, 4.69) is 0 Å². The van der Waals surface area contributed by atoms with Crippen molar-refractivity contribution in [3.05, 3.63) is 35.1 Å². The van der Waals surface area contributed by atoms with Gasteiger partial charge in [-0.25, -0.2) is 4.39 Å². The average molecular weight is 307 g/mol. The predicted octanol–water partition coefficient (Wildman–Crippen LogP) is 1.68. The van der Waals surface area contributed by atoms with Crippen molar-refractivity contribution in [2.75, 3.05) is 26.3 Å². The molecular formula is C13H13F4NO3. The Morgan fingerprint density at radius 2 is 2.14 bits per heavy atom. The second-order valence-electron chi connectivity index (χ2n) is 4.62. The molecule has 1 aromatic rings. The highest BCUT2D eigenvalue weighted by Gasteiger charge is 2.33. The van der Waals surface area contributed by atoms with Crippen molar-refractivity contribution in [2.24, 2.45) is 0 Å². The van der Waals surface area contributed by atoms with Crippen LogP contribution in [0.3, 0.4) is 0 Å². The van der Waals surface area contributed by atoms with E-state index < -0.39 is 35.1 Å². The first-order valence-corrected chi connectivity index (χ1v) is 6.21. The molecule has 1 atom stereocenters. The summed E-state index contributed by atoms with van der Waals surface area (Å²) in [7, 11) is 0. The SMILES string of the molecule is O=C(c1cc(C(F)(F)F)ccc1F)N1CCOC(CO)C1. The number of morpholine rings is 1. The molecular weight excluding hydrogens is 294 g/mol. The van der Waals surface area contributed by atoms with Gasteiger partial charge in [-0.2, -0.15) is 13.2 Å². The third-order valence-corrected chi connectivity index (χ3v) is 3.15. The second-order valence-corrected chi connectivity index (χ2v) is 4.62. The maximum atomic E-state index is 13.6. The number of aliphatic hydroxyl groups is 1. The molecule has 1 aliphatic heterocycles. The van der Waals surface area contributed by atoms with Gasteiger partial charge in [0, 0.05) is 13.1 Å². The number of hydrogen-bond acceptors (Lipinski definition) is 3. The smallest absolute Gasteiger partial charge is 0.394 e. The number of aliphatic hydroxyl groups excluding tert-OH is 1. The van der Waals surface area contributed by atoms with Crippen LogP contribution in [0.4, 0.5) is 17.6 Å². The molecule has 2 rings (SSSR count). The van der Waals surface area contributed by atoms with Crippen molar-refractivity contribution in [2.45, 2.75) is 12.3 Å². The zero-order valence-corrected chi connectivity index (χ0v) is 10.9. The van der Waals surface area contributed by atoms with Gasteiger partial charge in [-0.3, -0.25) is 4.79 Å². The summed E-state index contributed by atoms with van der Waals surface area (Å²) in [6.07, 6.45) is -5.27. The van der Waals surface area contributed by atoms with Crippen LogP contribution < -0.4 is 0 Å². The number of rotatable bonds is 2. The topological polar surface area (TPSA) is 49.8 Å². The highest BCUT2D eigenvalue weighted by atomic mass is 19.4. The number of carbonyl (C=O) groups excluding carboxylic acids is 1. The van der Waals surface area contributed by atoms with Crippen LogP contribution in [0.15, 0.2) is 18.2 Å². The van der Waals surface area contributed by atoms with Gasteiger partial charge in [0.2, 0.25) is 0 Å². The molecule has 8 heteroatoms. The largest absolute Gasteiger partial charge is 0.416 e. The minimum Gasteiger partial charge on any atom is -0.394 e. The number of alkyl halides is 3. The maximum absolute atomic E-state index is 13.6. The number of nitrogens with zero attached hydrogens (tertiary/aromatic N) is 1. The van der Waals surface area contributed by atoms with Crippen LogP contribution in [-0.2, 0) is 10.9 Å². The van der Waals surface area contributed by atoms with E-state index in [-0.39, 0.29) is 26.3 Å². The Morgan fingerprint density at radius 1 is 1.43 bits per heavy atom. The molecule has 21 heavy (non-hydrogen) atoms. The van der Waals surface area contributed by atoms with Crippen molar-refractivity contribution in [1.82, 2.24) is 4.90 Å². The Morgan fingerprint density at radius 3 is 2.76 bits per heavy atom. The van der Waals surface area contributed by atoms with Crippen LogP contribution in [0, 0.1) is 5.82 Å². The molecule has 116 valence electrons. The molecule has 0 saturated carbocycles. The molecule has 0 bridgehead atoms. The van der Waals surface area contributed by atoms with E-state index in [4.69, 9.17) is 9.84 Å². The van der Waals surface area contributed by atoms with E-state index in [0.717, 1.165) is 0 Å². The van der Waals surface area contributed by atoms with Crippen LogP contribution in [0.2, 0.25) is 0 Å². The fourth-order valence-electron chi connectivity index (χ4n) is 2.05. The van der Waals surface area contributed by atoms with Crippen LogP contribution in [-0.4, -0.2) is 48.3 Å². The molecule has 1 fully saturated rings. The maximum Gasteiger partial charge on any atom is 0.416 e. The molecule has 1 aliphatic rings. The van der Waals surface area contributed by atoms with Crippen LogP contribution in [0.25, 0.3) is 0 Å². The van der Waals surface area contributed by atoms with Crippen molar-refractivity contribution in [3.63, 3.8) is 0 Å². The van der Waals surface area contributed by atoms with E-state index in [9.17, 15) is 22.4 Å². The van der Waals surface area contributed by atoms with E-state index in [1.807, 2.05) is 0 Å². The molecule has 4 nitrogen and oxygen atoms in total. The minimum absolute atomic E-state index is 0.00498. The Balaban J connectivity index is 2.26. The zero-order chi connectivity index (χ0) is 15.6. The normalized spacial score (nSPS) is 19.7. The Bertz CT molecular complexity index is 533. The second kappa shape index (κ2) is 5.98. The van der Waals surface area contributed by atoms with Crippen LogP contribution in [0.1, 0.15) is 15.9 Å². The predicted molar refractivity (Wildman–Crippen MR) is 64.1 cm³/mol. The number of amides is 1. The number of carbonyl (C=O) groups is 1. The summed E-state index contributed by atoms with van der Waals surface area (Å²) in [6.45, 7) is -0.0531. The Kier molecular flexibility index (Phi) is 4.48. The van der Waals surface area contributed by atoms with E-state index in [1.165, 1.54) is 4.90 Å². The highest BCUT2D eigenvalue weighted by molar-refractivity contribution is 5.94. The summed E-state index contributed by atoms with van der Waals surface area (Å²) in [6, 6.07) is 1.71. The fraction of sp³-hybridized carbons (Fsp3) is 0.462. The lowest BCUT2D eigenvalue weighted by molar-refractivity contribution is -0.137. The fourth-order valence-corrected chi connectivity index (χ4v) is 2.05. The summed E-state index contributed by atoms with van der Waals surface area (Å²) in [5, 5.41) is 8.98. The van der Waals surface area contributed by atoms with E-state index in [0.29, 0.717) is 18.2 Å². The molecule has 1 aromatic carbocycles. The lowest BCUT2D eigenvalue weighted by atomic mass is 10.1. The summed E-state index contributed by atoms with van der Waals surface area (Å²) in [5.74, 6) is -1.86. The van der Waals surface area contributed by atoms with Gasteiger partial charge in [0.05, 0.1) is 30.4 Å². The van der Waals surface area contributed by atoms with Gasteiger partial charge < -0.3 is 14.7 Å². The Labute approximate surface area is 117 Å². The van der Waals surface area contributed by atoms with E-state index >= 15 is 0 Å². The van der Waals surface area contributed by atoms with Gasteiger partial charge in [-0.15, -0.1) is 0 Å². The minimum atomic E-state index is -4.65. The lowest BCUT2D eigenvalue weighted by Crippen LogP contribution is -2.47. The molecule has 0 aromatic heterocycles. The van der Waals surface area contributed by atoms with Gasteiger partial charge >= 0.3 is 6.18 Å². The van der Waals surface area contributed by atoms with Crippen molar-refractivity contribution >= 4 is 5.91 Å². The summed E-state index contributed by atoms with van der Waals surface area (Å²) < 4.78 is 56.6. The first-order valence-electron chi connectivity index (χ1n) is 6.21. The summed E-state index contributed by atoms with van der Waals surface area (Å²) in [4.78, 5) is 13.3. The molecule has 0 radical (unpaired) electrons. The highest BCUT2D eigenvalue weighted by Crippen LogP contribution is 2.30. The molecule has 1 heterocycles. The zero-order valence-electron chi connectivity index (χ0n) is 10.9. The van der Waals surface area contributed by atoms with Gasteiger partial charge in [0.1, 0.15) is 5.82 Å². The van der Waals surface area contributed by atoms with Gasteiger partial charge in [0.15, 0.2) is 0 Å². The number of ether oxygens (including phenoxy) is 1. The van der Waals surface area contributed by atoms with Crippen molar-refractivity contribution in [3.8, 4) is 0 Å². The van der Waals surface area contributed by atoms with Crippen LogP contribution >= 0.6 is 0 Å². The molecule has 0 spiro atoms. The molecule has 1 saturated heterocycles. The number of halogens is 4. The first kappa shape index (κ1) is 15.7. The third kappa shape index (κ3) is 3.51. The lowest BCUT2D eigenvalue weighted by Gasteiger charge is -2.32.